The van der Waals surface area contributed by atoms with Crippen molar-refractivity contribution >= 4 is 5.97 Å². The van der Waals surface area contributed by atoms with Crippen LogP contribution in [-0.4, -0.2) is 40.3 Å². The van der Waals surface area contributed by atoms with E-state index in [9.17, 15) is 9.90 Å². The van der Waals surface area contributed by atoms with E-state index in [0.29, 0.717) is 6.54 Å². The lowest BCUT2D eigenvalue weighted by Crippen LogP contribution is -2.45. The highest BCUT2D eigenvalue weighted by Crippen LogP contribution is 2.22. The molecule has 0 amide bonds. The molecule has 4 nitrogen and oxygen atoms in total. The van der Waals surface area contributed by atoms with E-state index in [1.54, 1.807) is 11.9 Å². The summed E-state index contributed by atoms with van der Waals surface area (Å²) in [6.07, 6.45) is 0. The van der Waals surface area contributed by atoms with Gasteiger partial charge in [-0.2, -0.15) is 0 Å². The lowest BCUT2D eigenvalue weighted by atomic mass is 9.87. The molecule has 0 bridgehead atoms. The van der Waals surface area contributed by atoms with Gasteiger partial charge in [-0.3, -0.25) is 4.90 Å². The maximum Gasteiger partial charge on any atom is 0.336 e. The van der Waals surface area contributed by atoms with Gasteiger partial charge < -0.3 is 10.2 Å². The first-order valence-electron chi connectivity index (χ1n) is 6.76. The highest BCUT2D eigenvalue weighted by molar-refractivity contribution is 5.76. The summed E-state index contributed by atoms with van der Waals surface area (Å²) < 4.78 is 0. The molecule has 0 aliphatic carbocycles. The van der Waals surface area contributed by atoms with Crippen LogP contribution < -0.4 is 0 Å². The van der Waals surface area contributed by atoms with Crippen LogP contribution in [0.15, 0.2) is 24.3 Å². The minimum Gasteiger partial charge on any atom is -0.479 e. The summed E-state index contributed by atoms with van der Waals surface area (Å²) in [4.78, 5) is 12.7. The zero-order valence-corrected chi connectivity index (χ0v) is 13.0. The Morgan fingerprint density at radius 1 is 1.15 bits per heavy atom. The normalized spacial score (nSPS) is 15.2. The third-order valence-electron chi connectivity index (χ3n) is 3.31. The van der Waals surface area contributed by atoms with Crippen LogP contribution in [0.2, 0.25) is 0 Å². The van der Waals surface area contributed by atoms with Crippen LogP contribution in [0.3, 0.4) is 0 Å². The molecular weight excluding hydrogens is 254 g/mol. The molecule has 0 heterocycles. The van der Waals surface area contributed by atoms with Gasteiger partial charge in [-0.15, -0.1) is 0 Å². The van der Waals surface area contributed by atoms with Crippen LogP contribution in [0.5, 0.6) is 0 Å². The highest BCUT2D eigenvalue weighted by atomic mass is 16.4. The number of likely N-dealkylation sites (N-methyl/N-ethyl adjacent to an activating group) is 1. The SMILES string of the molecule is CN(Cc1ccc(C(C)(C)C)cc1)CC(C)(O)C(=O)O. The minimum atomic E-state index is -1.72. The average Bonchev–Trinajstić information content (AvgIpc) is 2.27. The van der Waals surface area contributed by atoms with Gasteiger partial charge in [-0.25, -0.2) is 4.79 Å². The molecule has 1 rings (SSSR count). The van der Waals surface area contributed by atoms with Crippen molar-refractivity contribution in [3.63, 3.8) is 0 Å². The molecule has 0 radical (unpaired) electrons. The van der Waals surface area contributed by atoms with Crippen LogP contribution in [0.25, 0.3) is 0 Å². The monoisotopic (exact) mass is 279 g/mol. The number of carboxylic acids is 1. The molecule has 1 aromatic carbocycles. The van der Waals surface area contributed by atoms with Gasteiger partial charge >= 0.3 is 5.97 Å². The van der Waals surface area contributed by atoms with Crippen molar-refractivity contribution in [2.24, 2.45) is 0 Å². The average molecular weight is 279 g/mol. The fourth-order valence-corrected chi connectivity index (χ4v) is 2.07. The number of benzene rings is 1. The molecule has 1 aromatic rings. The second kappa shape index (κ2) is 5.94. The lowest BCUT2D eigenvalue weighted by molar-refractivity contribution is -0.158. The van der Waals surface area contributed by atoms with Crippen molar-refractivity contribution < 1.29 is 15.0 Å². The number of hydrogen-bond donors (Lipinski definition) is 2. The molecule has 0 spiro atoms. The molecule has 0 saturated carbocycles. The molecule has 0 saturated heterocycles. The van der Waals surface area contributed by atoms with Crippen molar-refractivity contribution in [3.8, 4) is 0 Å². The van der Waals surface area contributed by atoms with E-state index in [1.807, 2.05) is 12.1 Å². The Kier molecular flexibility index (Phi) is 4.95. The van der Waals surface area contributed by atoms with Crippen molar-refractivity contribution in [2.75, 3.05) is 13.6 Å². The molecule has 1 atom stereocenters. The van der Waals surface area contributed by atoms with E-state index in [-0.39, 0.29) is 12.0 Å². The first kappa shape index (κ1) is 16.7. The van der Waals surface area contributed by atoms with Crippen LogP contribution in [0.4, 0.5) is 0 Å². The number of nitrogens with zero attached hydrogens (tertiary/aromatic N) is 1. The summed E-state index contributed by atoms with van der Waals surface area (Å²) in [6, 6.07) is 8.29. The number of carbonyl (C=O) groups is 1. The molecule has 1 unspecified atom stereocenters. The standard InChI is InChI=1S/C16H25NO3/c1-15(2,3)13-8-6-12(7-9-13)10-17(5)11-16(4,20)14(18)19/h6-9,20H,10-11H2,1-5H3,(H,18,19). The van der Waals surface area contributed by atoms with Gasteiger partial charge in [0.15, 0.2) is 5.60 Å². The zero-order chi connectivity index (χ0) is 15.6. The Morgan fingerprint density at radius 3 is 2.05 bits per heavy atom. The smallest absolute Gasteiger partial charge is 0.336 e. The maximum atomic E-state index is 10.9. The van der Waals surface area contributed by atoms with E-state index in [1.165, 1.54) is 12.5 Å². The predicted molar refractivity (Wildman–Crippen MR) is 79.7 cm³/mol. The number of hydrogen-bond acceptors (Lipinski definition) is 3. The Morgan fingerprint density at radius 2 is 1.65 bits per heavy atom. The first-order valence-corrected chi connectivity index (χ1v) is 6.76. The number of rotatable bonds is 5. The van der Waals surface area contributed by atoms with Gasteiger partial charge in [-0.1, -0.05) is 45.0 Å². The Bertz CT molecular complexity index is 458. The van der Waals surface area contributed by atoms with E-state index in [0.717, 1.165) is 5.56 Å². The minimum absolute atomic E-state index is 0.0867. The van der Waals surface area contributed by atoms with E-state index < -0.39 is 11.6 Å². The molecule has 2 N–H and O–H groups in total. The van der Waals surface area contributed by atoms with Crippen LogP contribution in [0.1, 0.15) is 38.8 Å². The fraction of sp³-hybridized carbons (Fsp3) is 0.562. The van der Waals surface area contributed by atoms with E-state index in [2.05, 4.69) is 32.9 Å². The second-order valence-electron chi connectivity index (χ2n) is 6.70. The summed E-state index contributed by atoms with van der Waals surface area (Å²) in [6.45, 7) is 8.50. The number of aliphatic carboxylic acids is 1. The molecule has 20 heavy (non-hydrogen) atoms. The van der Waals surface area contributed by atoms with Gasteiger partial charge in [0.2, 0.25) is 0 Å². The Labute approximate surface area is 121 Å². The maximum absolute atomic E-state index is 10.9. The fourth-order valence-electron chi connectivity index (χ4n) is 2.07. The van der Waals surface area contributed by atoms with E-state index in [4.69, 9.17) is 5.11 Å². The molecule has 0 aliphatic heterocycles. The van der Waals surface area contributed by atoms with Gasteiger partial charge in [-0.05, 0) is 30.5 Å². The summed E-state index contributed by atoms with van der Waals surface area (Å²) in [7, 11) is 1.80. The highest BCUT2D eigenvalue weighted by Gasteiger charge is 2.31. The van der Waals surface area contributed by atoms with Gasteiger partial charge in [0.05, 0.1) is 0 Å². The summed E-state index contributed by atoms with van der Waals surface area (Å²) in [5.74, 6) is -1.20. The van der Waals surface area contributed by atoms with Crippen molar-refractivity contribution in [1.29, 1.82) is 0 Å². The van der Waals surface area contributed by atoms with Crippen LogP contribution >= 0.6 is 0 Å². The van der Waals surface area contributed by atoms with Crippen LogP contribution in [-0.2, 0) is 16.8 Å². The molecule has 4 heteroatoms. The Hall–Kier alpha value is -1.39. The third-order valence-corrected chi connectivity index (χ3v) is 3.31. The van der Waals surface area contributed by atoms with Crippen LogP contribution in [0, 0.1) is 0 Å². The largest absolute Gasteiger partial charge is 0.479 e. The number of aliphatic hydroxyl groups is 1. The zero-order valence-electron chi connectivity index (χ0n) is 13.0. The summed E-state index contributed by atoms with van der Waals surface area (Å²) in [5.41, 5.74) is 0.764. The predicted octanol–water partition coefficient (Wildman–Crippen LogP) is 2.25. The molecule has 112 valence electrons. The quantitative estimate of drug-likeness (QED) is 0.868. The molecule has 0 aliphatic rings. The van der Waals surface area contributed by atoms with Gasteiger partial charge in [0, 0.05) is 13.1 Å². The topological polar surface area (TPSA) is 60.8 Å². The summed E-state index contributed by atoms with van der Waals surface area (Å²) >= 11 is 0. The van der Waals surface area contributed by atoms with Crippen molar-refractivity contribution in [2.45, 2.75) is 45.3 Å². The van der Waals surface area contributed by atoms with E-state index >= 15 is 0 Å². The molecular formula is C16H25NO3. The Balaban J connectivity index is 2.68. The van der Waals surface area contributed by atoms with Crippen molar-refractivity contribution in [3.05, 3.63) is 35.4 Å². The number of carboxylic acid groups (broad SMARTS) is 1. The van der Waals surface area contributed by atoms with Crippen molar-refractivity contribution in [1.82, 2.24) is 4.90 Å². The van der Waals surface area contributed by atoms with Gasteiger partial charge in [0.1, 0.15) is 0 Å². The molecule has 0 aromatic heterocycles. The molecule has 0 fully saturated rings. The summed E-state index contributed by atoms with van der Waals surface area (Å²) in [5, 5.41) is 18.7. The first-order chi connectivity index (χ1) is 9.02. The third kappa shape index (κ3) is 4.62. The lowest BCUT2D eigenvalue weighted by Gasteiger charge is -2.25. The van der Waals surface area contributed by atoms with Gasteiger partial charge in [0.25, 0.3) is 0 Å². The second-order valence-corrected chi connectivity index (χ2v) is 6.70.